The molecule has 0 saturated heterocycles. The minimum absolute atomic E-state index is 0.183. The van der Waals surface area contributed by atoms with Crippen molar-refractivity contribution in [1.82, 2.24) is 19.9 Å². The highest BCUT2D eigenvalue weighted by molar-refractivity contribution is 6.33. The molecule has 0 amide bonds. The van der Waals surface area contributed by atoms with Gasteiger partial charge in [-0.05, 0) is 51.3 Å². The molecule has 146 valence electrons. The smallest absolute Gasteiger partial charge is 0.225 e. The molecule has 0 fully saturated rings. The van der Waals surface area contributed by atoms with Gasteiger partial charge in [0.1, 0.15) is 11.6 Å². The maximum absolute atomic E-state index is 14.2. The Morgan fingerprint density at radius 3 is 2.61 bits per heavy atom. The molecule has 0 bridgehead atoms. The summed E-state index contributed by atoms with van der Waals surface area (Å²) >= 11 is 6.13. The van der Waals surface area contributed by atoms with Gasteiger partial charge in [0.15, 0.2) is 0 Å². The Hall–Kier alpha value is -2.77. The summed E-state index contributed by atoms with van der Waals surface area (Å²) in [5, 5.41) is 6.49. The Bertz CT molecular complexity index is 900. The number of hydrogen-bond donors (Lipinski definition) is 2. The Kier molecular flexibility index (Phi) is 6.73. The van der Waals surface area contributed by atoms with Crippen LogP contribution in [0.15, 0.2) is 48.8 Å². The van der Waals surface area contributed by atoms with Crippen molar-refractivity contribution < 1.29 is 4.39 Å². The van der Waals surface area contributed by atoms with Crippen molar-refractivity contribution in [1.29, 1.82) is 0 Å². The fraction of sp³-hybridized carbons (Fsp3) is 0.250. The van der Waals surface area contributed by atoms with Gasteiger partial charge in [-0.25, -0.2) is 9.37 Å². The molecule has 0 atom stereocenters. The lowest BCUT2D eigenvalue weighted by molar-refractivity contribution is 0.405. The van der Waals surface area contributed by atoms with Crippen LogP contribution in [0.4, 0.5) is 21.8 Å². The molecule has 0 saturated carbocycles. The molecule has 0 unspecified atom stereocenters. The first-order valence-corrected chi connectivity index (χ1v) is 9.30. The van der Waals surface area contributed by atoms with Crippen LogP contribution in [0.1, 0.15) is 6.42 Å². The normalized spacial score (nSPS) is 10.9. The number of nitrogens with zero attached hydrogens (tertiary/aromatic N) is 4. The summed E-state index contributed by atoms with van der Waals surface area (Å²) in [7, 11) is 4.06. The molecular weight excluding hydrogens is 379 g/mol. The fourth-order valence-corrected chi connectivity index (χ4v) is 2.81. The predicted molar refractivity (Wildman–Crippen MR) is 112 cm³/mol. The van der Waals surface area contributed by atoms with Gasteiger partial charge in [-0.2, -0.15) is 4.98 Å². The summed E-state index contributed by atoms with van der Waals surface area (Å²) < 4.78 is 14.2. The highest BCUT2D eigenvalue weighted by Crippen LogP contribution is 2.29. The Balaban J connectivity index is 1.89. The van der Waals surface area contributed by atoms with Gasteiger partial charge in [-0.15, -0.1) is 0 Å². The number of rotatable bonds is 8. The van der Waals surface area contributed by atoms with Gasteiger partial charge >= 0.3 is 0 Å². The molecule has 0 spiro atoms. The summed E-state index contributed by atoms with van der Waals surface area (Å²) in [5.41, 5.74) is 1.76. The molecule has 3 rings (SSSR count). The lowest BCUT2D eigenvalue weighted by Gasteiger charge is -2.13. The molecule has 6 nitrogen and oxygen atoms in total. The Morgan fingerprint density at radius 2 is 1.89 bits per heavy atom. The summed E-state index contributed by atoms with van der Waals surface area (Å²) in [5.74, 6) is 0.462. The van der Waals surface area contributed by atoms with E-state index in [-0.39, 0.29) is 10.7 Å². The van der Waals surface area contributed by atoms with E-state index in [0.717, 1.165) is 25.1 Å². The molecule has 0 radical (unpaired) electrons. The van der Waals surface area contributed by atoms with Gasteiger partial charge in [-0.3, -0.25) is 4.98 Å². The molecule has 2 heterocycles. The van der Waals surface area contributed by atoms with Crippen molar-refractivity contribution in [2.45, 2.75) is 6.42 Å². The van der Waals surface area contributed by atoms with Crippen molar-refractivity contribution in [2.75, 3.05) is 37.8 Å². The summed E-state index contributed by atoms with van der Waals surface area (Å²) in [6.07, 6.45) is 4.34. The average molecular weight is 401 g/mol. The zero-order chi connectivity index (χ0) is 19.9. The molecule has 3 aromatic rings. The van der Waals surface area contributed by atoms with Gasteiger partial charge in [0.25, 0.3) is 0 Å². The SMILES string of the molecule is CN(C)CCCNc1nc(Nc2c(F)cccc2Cl)cc(-c2ccncc2)n1. The predicted octanol–water partition coefficient (Wildman–Crippen LogP) is 4.44. The maximum atomic E-state index is 14.2. The van der Waals surface area contributed by atoms with Crippen molar-refractivity contribution in [2.24, 2.45) is 0 Å². The van der Waals surface area contributed by atoms with E-state index in [9.17, 15) is 4.39 Å². The van der Waals surface area contributed by atoms with E-state index in [1.807, 2.05) is 26.2 Å². The van der Waals surface area contributed by atoms with E-state index in [1.165, 1.54) is 6.07 Å². The van der Waals surface area contributed by atoms with Crippen molar-refractivity contribution in [3.8, 4) is 11.3 Å². The first-order valence-electron chi connectivity index (χ1n) is 8.92. The average Bonchev–Trinajstić information content (AvgIpc) is 2.69. The van der Waals surface area contributed by atoms with E-state index in [4.69, 9.17) is 11.6 Å². The third-order valence-electron chi connectivity index (χ3n) is 3.98. The monoisotopic (exact) mass is 400 g/mol. The molecule has 0 aliphatic carbocycles. The molecule has 0 aliphatic rings. The largest absolute Gasteiger partial charge is 0.354 e. The zero-order valence-corrected chi connectivity index (χ0v) is 16.5. The van der Waals surface area contributed by atoms with Crippen LogP contribution in [-0.4, -0.2) is 47.0 Å². The summed E-state index contributed by atoms with van der Waals surface area (Å²) in [4.78, 5) is 15.2. The van der Waals surface area contributed by atoms with E-state index in [2.05, 4.69) is 30.5 Å². The zero-order valence-electron chi connectivity index (χ0n) is 15.8. The van der Waals surface area contributed by atoms with E-state index >= 15 is 0 Å². The maximum Gasteiger partial charge on any atom is 0.225 e. The van der Waals surface area contributed by atoms with Gasteiger partial charge in [-0.1, -0.05) is 17.7 Å². The molecule has 2 aromatic heterocycles. The number of nitrogens with one attached hydrogen (secondary N) is 2. The number of hydrogen-bond acceptors (Lipinski definition) is 6. The van der Waals surface area contributed by atoms with Gasteiger partial charge in [0.2, 0.25) is 5.95 Å². The summed E-state index contributed by atoms with van der Waals surface area (Å²) in [6.45, 7) is 1.67. The molecule has 8 heteroatoms. The highest BCUT2D eigenvalue weighted by Gasteiger charge is 2.11. The van der Waals surface area contributed by atoms with Crippen molar-refractivity contribution in [3.63, 3.8) is 0 Å². The first kappa shape index (κ1) is 20.0. The van der Waals surface area contributed by atoms with Gasteiger partial charge < -0.3 is 15.5 Å². The first-order chi connectivity index (χ1) is 13.5. The van der Waals surface area contributed by atoms with Crippen LogP contribution in [-0.2, 0) is 0 Å². The lowest BCUT2D eigenvalue weighted by Crippen LogP contribution is -2.17. The highest BCUT2D eigenvalue weighted by atomic mass is 35.5. The second-order valence-corrected chi connectivity index (χ2v) is 6.91. The molecule has 1 aromatic carbocycles. The summed E-state index contributed by atoms with van der Waals surface area (Å²) in [6, 6.07) is 10.0. The second-order valence-electron chi connectivity index (χ2n) is 6.50. The third-order valence-corrected chi connectivity index (χ3v) is 4.30. The minimum Gasteiger partial charge on any atom is -0.354 e. The Labute approximate surface area is 168 Å². The molecular formula is C20H22ClFN6. The fourth-order valence-electron chi connectivity index (χ4n) is 2.60. The second kappa shape index (κ2) is 9.43. The topological polar surface area (TPSA) is 66.0 Å². The van der Waals surface area contributed by atoms with Crippen LogP contribution in [0.3, 0.4) is 0 Å². The Morgan fingerprint density at radius 1 is 1.11 bits per heavy atom. The minimum atomic E-state index is -0.447. The van der Waals surface area contributed by atoms with Crippen LogP contribution in [0, 0.1) is 5.82 Å². The van der Waals surface area contributed by atoms with Crippen molar-refractivity contribution >= 4 is 29.1 Å². The van der Waals surface area contributed by atoms with E-state index in [1.54, 1.807) is 30.6 Å². The van der Waals surface area contributed by atoms with Gasteiger partial charge in [0.05, 0.1) is 16.4 Å². The molecule has 28 heavy (non-hydrogen) atoms. The lowest BCUT2D eigenvalue weighted by atomic mass is 10.2. The number of halogens is 2. The third kappa shape index (κ3) is 5.37. The molecule has 2 N–H and O–H groups in total. The van der Waals surface area contributed by atoms with E-state index < -0.39 is 5.82 Å². The molecule has 0 aliphatic heterocycles. The quantitative estimate of drug-likeness (QED) is 0.545. The number of para-hydroxylation sites is 1. The van der Waals surface area contributed by atoms with Gasteiger partial charge in [0, 0.05) is 30.6 Å². The number of pyridine rings is 1. The number of benzene rings is 1. The van der Waals surface area contributed by atoms with Crippen LogP contribution >= 0.6 is 11.6 Å². The standard InChI is InChI=1S/C20H22ClFN6/c1-28(2)12-4-9-24-20-25-17(14-7-10-23-11-8-14)13-18(27-20)26-19-15(21)5-3-6-16(19)22/h3,5-8,10-11,13H,4,9,12H2,1-2H3,(H2,24,25,26,27). The van der Waals surface area contributed by atoms with Crippen LogP contribution in [0.25, 0.3) is 11.3 Å². The van der Waals surface area contributed by atoms with Crippen LogP contribution < -0.4 is 10.6 Å². The number of aromatic nitrogens is 3. The number of anilines is 3. The van der Waals surface area contributed by atoms with Crippen LogP contribution in [0.2, 0.25) is 5.02 Å². The van der Waals surface area contributed by atoms with Crippen LogP contribution in [0.5, 0.6) is 0 Å². The van der Waals surface area contributed by atoms with Crippen molar-refractivity contribution in [3.05, 3.63) is 59.6 Å². The van der Waals surface area contributed by atoms with E-state index in [0.29, 0.717) is 17.5 Å².